The summed E-state index contributed by atoms with van der Waals surface area (Å²) in [5.41, 5.74) is 0. The molecule has 0 aromatic heterocycles. The lowest BCUT2D eigenvalue weighted by molar-refractivity contribution is -0.361. The summed E-state index contributed by atoms with van der Waals surface area (Å²) in [6.07, 6.45) is -19.6. The lowest BCUT2D eigenvalue weighted by Gasteiger charge is -2.49. The zero-order valence-electron chi connectivity index (χ0n) is 21.4. The van der Waals surface area contributed by atoms with Gasteiger partial charge in [0.2, 0.25) is 0 Å². The van der Waals surface area contributed by atoms with Gasteiger partial charge in [-0.2, -0.15) is 0 Å². The van der Waals surface area contributed by atoms with Crippen LogP contribution in [-0.4, -0.2) is 160 Å². The summed E-state index contributed by atoms with van der Waals surface area (Å²) in [4.78, 5) is 22.3. The van der Waals surface area contributed by atoms with Gasteiger partial charge in [0.1, 0.15) is 55.8 Å². The van der Waals surface area contributed by atoms with Crippen molar-refractivity contribution in [3.8, 4) is 0 Å². The van der Waals surface area contributed by atoms with E-state index in [1.54, 1.807) is 0 Å². The number of hydrogen-bond donors (Lipinski definition) is 10. The van der Waals surface area contributed by atoms with Crippen LogP contribution in [0.5, 0.6) is 0 Å². The highest BCUT2D eigenvalue weighted by atomic mass is 16.7. The molecular formula is C24H39O16+. The third kappa shape index (κ3) is 6.58. The number of esters is 1. The number of carboxylic acids is 1. The number of carboxylic acid groups (broad SMARTS) is 1. The van der Waals surface area contributed by atoms with Crippen molar-refractivity contribution >= 4 is 11.9 Å². The van der Waals surface area contributed by atoms with Gasteiger partial charge in [0, 0.05) is 12.3 Å². The maximum Gasteiger partial charge on any atom is 0.317 e. The van der Waals surface area contributed by atoms with E-state index in [9.17, 15) is 55.5 Å². The first-order chi connectivity index (χ1) is 18.8. The molecule has 4 fully saturated rings. The number of ether oxygens (including phenoxy) is 4. The van der Waals surface area contributed by atoms with Crippen molar-refractivity contribution in [3.05, 3.63) is 0 Å². The molecule has 2 saturated carbocycles. The van der Waals surface area contributed by atoms with Crippen LogP contribution in [0.15, 0.2) is 0 Å². The zero-order chi connectivity index (χ0) is 29.5. The normalized spacial score (nSPS) is 49.6. The molecule has 11 N–H and O–H groups in total. The third-order valence-corrected chi connectivity index (χ3v) is 8.45. The quantitative estimate of drug-likeness (QED) is 0.0760. The van der Waals surface area contributed by atoms with E-state index in [2.05, 4.69) is 0 Å². The Labute approximate surface area is 228 Å². The lowest BCUT2D eigenvalue weighted by Crippen LogP contribution is -2.65. The van der Waals surface area contributed by atoms with Gasteiger partial charge < -0.3 is 70.0 Å². The molecule has 14 atom stereocenters. The van der Waals surface area contributed by atoms with E-state index in [1.165, 1.54) is 0 Å². The Hall–Kier alpha value is -1.54. The van der Waals surface area contributed by atoms with Crippen LogP contribution in [0.2, 0.25) is 0 Å². The van der Waals surface area contributed by atoms with Crippen LogP contribution >= 0.6 is 0 Å². The second-order valence-electron chi connectivity index (χ2n) is 11.2. The molecule has 2 saturated heterocycles. The first kappa shape index (κ1) is 31.4. The van der Waals surface area contributed by atoms with E-state index >= 15 is 0 Å². The highest BCUT2D eigenvalue weighted by Gasteiger charge is 2.57. The first-order valence-corrected chi connectivity index (χ1v) is 13.3. The molecule has 0 radical (unpaired) electrons. The van der Waals surface area contributed by atoms with E-state index in [0.29, 0.717) is 0 Å². The molecule has 0 amide bonds. The van der Waals surface area contributed by atoms with E-state index in [0.717, 1.165) is 0 Å². The van der Waals surface area contributed by atoms with Crippen molar-refractivity contribution in [3.63, 3.8) is 0 Å². The molecule has 14 unspecified atom stereocenters. The molecule has 4 aliphatic rings. The van der Waals surface area contributed by atoms with Gasteiger partial charge >= 0.3 is 11.9 Å². The SMILES string of the molecule is O=C(O)CC(=O)OCC1OC(OC2CC3C(CC(O)C(O)C3O)[OH+]C2C2CC(O)C(O)C(O)C2)C(O)C(O)C1O. The van der Waals surface area contributed by atoms with Crippen molar-refractivity contribution in [1.82, 2.24) is 0 Å². The smallest absolute Gasteiger partial charge is 0.317 e. The maximum absolute atomic E-state index is 11.6. The molecule has 40 heavy (non-hydrogen) atoms. The minimum atomic E-state index is -1.82. The summed E-state index contributed by atoms with van der Waals surface area (Å²) < 4.78 is 21.2. The molecule has 4 rings (SSSR count). The van der Waals surface area contributed by atoms with Gasteiger partial charge in [-0.15, -0.1) is 0 Å². The summed E-state index contributed by atoms with van der Waals surface area (Å²) in [5, 5.41) is 102. The Morgan fingerprint density at radius 2 is 1.38 bits per heavy atom. The van der Waals surface area contributed by atoms with Crippen LogP contribution in [0.3, 0.4) is 0 Å². The molecule has 0 spiro atoms. The largest absolute Gasteiger partial charge is 0.481 e. The van der Waals surface area contributed by atoms with Crippen molar-refractivity contribution in [2.45, 2.75) is 118 Å². The molecule has 16 nitrogen and oxygen atoms in total. The fourth-order valence-corrected chi connectivity index (χ4v) is 6.24. The molecule has 0 aromatic rings. The van der Waals surface area contributed by atoms with Gasteiger partial charge in [0.05, 0.1) is 30.3 Å². The summed E-state index contributed by atoms with van der Waals surface area (Å²) >= 11 is 0. The average Bonchev–Trinajstić information content (AvgIpc) is 2.89. The average molecular weight is 584 g/mol. The van der Waals surface area contributed by atoms with Crippen molar-refractivity contribution in [2.75, 3.05) is 6.61 Å². The minimum Gasteiger partial charge on any atom is -0.481 e. The number of aliphatic hydroxyl groups is 11. The molecule has 0 aromatic carbocycles. The maximum atomic E-state index is 11.6. The summed E-state index contributed by atoms with van der Waals surface area (Å²) in [5.74, 6) is -3.80. The number of aliphatic carboxylic acids is 1. The molecule has 2 aliphatic heterocycles. The second kappa shape index (κ2) is 12.8. The van der Waals surface area contributed by atoms with Gasteiger partial charge in [-0.05, 0) is 19.3 Å². The fourth-order valence-electron chi connectivity index (χ4n) is 6.24. The molecule has 16 heteroatoms. The van der Waals surface area contributed by atoms with Gasteiger partial charge in [0.25, 0.3) is 0 Å². The minimum absolute atomic E-state index is 0.0228. The zero-order valence-corrected chi connectivity index (χ0v) is 21.4. The van der Waals surface area contributed by atoms with Crippen LogP contribution in [0.25, 0.3) is 0 Å². The molecule has 0 bridgehead atoms. The fraction of sp³-hybridized carbons (Fsp3) is 0.917. The number of aliphatic hydroxyl groups excluding tert-OH is 9. The van der Waals surface area contributed by atoms with Gasteiger partial charge in [0.15, 0.2) is 18.5 Å². The van der Waals surface area contributed by atoms with Crippen LogP contribution < -0.4 is 0 Å². The first-order valence-electron chi connectivity index (χ1n) is 13.3. The van der Waals surface area contributed by atoms with E-state index < -0.39 is 122 Å². The Balaban J connectivity index is 1.53. The van der Waals surface area contributed by atoms with Crippen LogP contribution in [-0.2, 0) is 23.8 Å². The lowest BCUT2D eigenvalue weighted by atomic mass is 9.71. The van der Waals surface area contributed by atoms with Crippen molar-refractivity contribution in [2.24, 2.45) is 11.8 Å². The summed E-state index contributed by atoms with van der Waals surface area (Å²) in [6.45, 7) is -0.665. The number of rotatable bonds is 7. The molecule has 230 valence electrons. The summed E-state index contributed by atoms with van der Waals surface area (Å²) in [7, 11) is 0. The number of carbonyl (C=O) groups is 2. The summed E-state index contributed by atoms with van der Waals surface area (Å²) in [6, 6.07) is 0. The highest BCUT2D eigenvalue weighted by molar-refractivity contribution is 5.90. The van der Waals surface area contributed by atoms with E-state index in [-0.39, 0.29) is 25.7 Å². The topological polar surface area (TPSA) is 277 Å². The van der Waals surface area contributed by atoms with Crippen LogP contribution in [0.4, 0.5) is 0 Å². The number of fused-ring (bicyclic) bond motifs is 1. The highest BCUT2D eigenvalue weighted by Crippen LogP contribution is 2.42. The Kier molecular flexibility index (Phi) is 10.0. The predicted molar refractivity (Wildman–Crippen MR) is 126 cm³/mol. The Bertz CT molecular complexity index is 877. The Morgan fingerprint density at radius 3 is 2.00 bits per heavy atom. The second-order valence-corrected chi connectivity index (χ2v) is 11.2. The Morgan fingerprint density at radius 1 is 0.750 bits per heavy atom. The van der Waals surface area contributed by atoms with E-state index in [4.69, 9.17) is 24.1 Å². The molecule has 2 heterocycles. The number of hydrogen-bond acceptors (Lipinski definition) is 14. The van der Waals surface area contributed by atoms with E-state index in [1.807, 2.05) is 0 Å². The van der Waals surface area contributed by atoms with Gasteiger partial charge in [-0.3, -0.25) is 9.59 Å². The number of carbonyl (C=O) groups excluding carboxylic acids is 1. The predicted octanol–water partition coefficient (Wildman–Crippen LogP) is -5.54. The van der Waals surface area contributed by atoms with Crippen molar-refractivity contribution in [1.29, 1.82) is 0 Å². The standard InChI is InChI=1S/C24H38O16/c25-9-1-7(2-10(26)18(9)32)23-13(3-8-12(38-23)4-11(27)19(33)17(8)31)39-24-22(36)21(35)20(34)14(40-24)6-37-16(30)5-15(28)29/h7-14,17-27,31-36H,1-6H2,(H,28,29)/p+1. The molecular weight excluding hydrogens is 544 g/mol. The monoisotopic (exact) mass is 583 g/mol. The van der Waals surface area contributed by atoms with Crippen molar-refractivity contribution < 1.29 is 79.6 Å². The van der Waals surface area contributed by atoms with Gasteiger partial charge in [-0.1, -0.05) is 0 Å². The van der Waals surface area contributed by atoms with Crippen LogP contribution in [0, 0.1) is 11.8 Å². The third-order valence-electron chi connectivity index (χ3n) is 8.45. The van der Waals surface area contributed by atoms with Crippen LogP contribution in [0.1, 0.15) is 32.1 Å². The van der Waals surface area contributed by atoms with Gasteiger partial charge in [-0.25, -0.2) is 0 Å². The molecule has 2 aliphatic carbocycles.